The van der Waals surface area contributed by atoms with Crippen molar-refractivity contribution in [3.63, 3.8) is 0 Å². The van der Waals surface area contributed by atoms with E-state index in [0.717, 1.165) is 0 Å². The number of hydrogen-bond acceptors (Lipinski definition) is 5. The van der Waals surface area contributed by atoms with E-state index in [0.29, 0.717) is 53.8 Å². The lowest BCUT2D eigenvalue weighted by atomic mass is 10.0. The van der Waals surface area contributed by atoms with Crippen LogP contribution in [0.1, 0.15) is 23.0 Å². The summed E-state index contributed by atoms with van der Waals surface area (Å²) < 4.78 is 36.4. The Morgan fingerprint density at radius 2 is 2.12 bits per heavy atom. The van der Waals surface area contributed by atoms with Gasteiger partial charge >= 0.3 is 6.09 Å². The number of amides is 2. The summed E-state index contributed by atoms with van der Waals surface area (Å²) in [6, 6.07) is 4.18. The second kappa shape index (κ2) is 8.91. The molecule has 3 atom stereocenters. The van der Waals surface area contributed by atoms with Gasteiger partial charge in [-0.2, -0.15) is 0 Å². The van der Waals surface area contributed by atoms with Crippen molar-refractivity contribution in [2.45, 2.75) is 24.8 Å². The first kappa shape index (κ1) is 22.3. The van der Waals surface area contributed by atoms with Crippen molar-refractivity contribution >= 4 is 34.4 Å². The van der Waals surface area contributed by atoms with Gasteiger partial charge in [-0.1, -0.05) is 0 Å². The molecular formula is C21H26FN5O4S. The largest absolute Gasteiger partial charge is 0.450 e. The number of likely N-dealkylation sites (tertiary alicyclic amines) is 1. The predicted octanol–water partition coefficient (Wildman–Crippen LogP) is 2.22. The van der Waals surface area contributed by atoms with Crippen molar-refractivity contribution in [2.24, 2.45) is 13.0 Å². The number of carbonyl (C=O) groups is 2. The Bertz CT molecular complexity index is 1090. The van der Waals surface area contributed by atoms with Gasteiger partial charge in [-0.15, -0.1) is 0 Å². The second-order valence-electron chi connectivity index (χ2n) is 7.98. The molecule has 0 bridgehead atoms. The number of aromatic nitrogens is 1. The fourth-order valence-corrected chi connectivity index (χ4v) is 5.38. The minimum absolute atomic E-state index is 0.00706. The maximum absolute atomic E-state index is 13.6. The van der Waals surface area contributed by atoms with Crippen molar-refractivity contribution in [1.82, 2.24) is 14.2 Å². The molecule has 11 heteroatoms. The highest BCUT2D eigenvalue weighted by Crippen LogP contribution is 2.31. The van der Waals surface area contributed by atoms with Gasteiger partial charge < -0.3 is 24.8 Å². The first-order valence-corrected chi connectivity index (χ1v) is 11.5. The fourth-order valence-electron chi connectivity index (χ4n) is 4.11. The minimum atomic E-state index is -1.59. The Morgan fingerprint density at radius 3 is 2.84 bits per heavy atom. The van der Waals surface area contributed by atoms with E-state index in [-0.39, 0.29) is 23.9 Å². The van der Waals surface area contributed by atoms with Gasteiger partial charge in [0.05, 0.1) is 17.2 Å². The highest BCUT2D eigenvalue weighted by molar-refractivity contribution is 7.83. The lowest BCUT2D eigenvalue weighted by molar-refractivity contribution is 0.101. The highest BCUT2D eigenvalue weighted by atomic mass is 32.2. The van der Waals surface area contributed by atoms with E-state index in [4.69, 9.17) is 4.74 Å². The molecule has 1 aromatic heterocycles. The molecule has 1 aromatic carbocycles. The van der Waals surface area contributed by atoms with Crippen molar-refractivity contribution in [1.29, 1.82) is 0 Å². The molecule has 2 aliphatic rings. The molecule has 3 unspecified atom stereocenters. The van der Waals surface area contributed by atoms with Gasteiger partial charge in [0.2, 0.25) is 0 Å². The average Bonchev–Trinajstić information content (AvgIpc) is 3.28. The van der Waals surface area contributed by atoms with Gasteiger partial charge in [0.25, 0.3) is 5.91 Å². The van der Waals surface area contributed by atoms with Crippen LogP contribution < -0.4 is 15.4 Å². The van der Waals surface area contributed by atoms with Gasteiger partial charge in [0, 0.05) is 50.5 Å². The SMILES string of the molecule is CCOC(=O)N1CC2CNc3c(cn(C)c3C(=O)Nc3ccc(F)c(C)c3)S(=O)NC2C1. The zero-order valence-electron chi connectivity index (χ0n) is 18.1. The summed E-state index contributed by atoms with van der Waals surface area (Å²) in [6.45, 7) is 5.01. The summed E-state index contributed by atoms with van der Waals surface area (Å²) in [5, 5.41) is 6.06. The number of ether oxygens (including phenoxy) is 1. The van der Waals surface area contributed by atoms with Crippen LogP contribution in [-0.2, 0) is 22.8 Å². The predicted molar refractivity (Wildman–Crippen MR) is 118 cm³/mol. The van der Waals surface area contributed by atoms with Gasteiger partial charge in [-0.25, -0.2) is 18.1 Å². The van der Waals surface area contributed by atoms with Crippen LogP contribution in [0.5, 0.6) is 0 Å². The monoisotopic (exact) mass is 463 g/mol. The molecule has 172 valence electrons. The van der Waals surface area contributed by atoms with Crippen LogP contribution >= 0.6 is 0 Å². The smallest absolute Gasteiger partial charge is 0.409 e. The number of benzene rings is 1. The third-order valence-electron chi connectivity index (χ3n) is 5.74. The van der Waals surface area contributed by atoms with E-state index in [1.807, 2.05) is 0 Å². The number of rotatable bonds is 3. The first-order chi connectivity index (χ1) is 15.3. The van der Waals surface area contributed by atoms with Crippen LogP contribution in [-0.4, -0.2) is 58.0 Å². The molecule has 0 saturated carbocycles. The van der Waals surface area contributed by atoms with Crippen molar-refractivity contribution in [3.05, 3.63) is 41.5 Å². The van der Waals surface area contributed by atoms with Crippen molar-refractivity contribution in [2.75, 3.05) is 36.9 Å². The molecule has 1 fully saturated rings. The molecule has 0 spiro atoms. The Morgan fingerprint density at radius 1 is 1.34 bits per heavy atom. The van der Waals surface area contributed by atoms with E-state index >= 15 is 0 Å². The minimum Gasteiger partial charge on any atom is -0.450 e. The quantitative estimate of drug-likeness (QED) is 0.648. The summed E-state index contributed by atoms with van der Waals surface area (Å²) in [7, 11) is 0.119. The van der Waals surface area contributed by atoms with Crippen LogP contribution in [0.3, 0.4) is 0 Å². The van der Waals surface area contributed by atoms with Crippen molar-refractivity contribution in [3.8, 4) is 0 Å². The lowest BCUT2D eigenvalue weighted by Gasteiger charge is -2.23. The number of aryl methyl sites for hydroxylation is 2. The third kappa shape index (κ3) is 4.22. The summed E-state index contributed by atoms with van der Waals surface area (Å²) >= 11 is 0. The molecule has 32 heavy (non-hydrogen) atoms. The second-order valence-corrected chi connectivity index (χ2v) is 9.20. The number of nitrogens with one attached hydrogen (secondary N) is 3. The molecular weight excluding hydrogens is 437 g/mol. The summed E-state index contributed by atoms with van der Waals surface area (Å²) in [5.74, 6) is -0.758. The summed E-state index contributed by atoms with van der Waals surface area (Å²) in [4.78, 5) is 27.2. The maximum Gasteiger partial charge on any atom is 0.409 e. The standard InChI is InChI=1S/C21H26FN5O4S/c1-4-31-21(29)27-9-13-8-23-18-17(32(30)25-16(13)10-27)11-26(3)19(18)20(28)24-14-5-6-15(22)12(2)7-14/h5-7,11,13,16,23,25H,4,8-10H2,1-3H3,(H,24,28). The number of hydrogen-bond donors (Lipinski definition) is 3. The Balaban J connectivity index is 1.56. The Kier molecular flexibility index (Phi) is 6.20. The highest BCUT2D eigenvalue weighted by Gasteiger charge is 2.39. The Hall–Kier alpha value is -2.92. The molecule has 0 radical (unpaired) electrons. The average molecular weight is 464 g/mol. The number of fused-ring (bicyclic) bond motifs is 2. The molecule has 0 aliphatic carbocycles. The van der Waals surface area contributed by atoms with Gasteiger partial charge in [-0.05, 0) is 37.6 Å². The van der Waals surface area contributed by atoms with Gasteiger partial charge in [0.15, 0.2) is 0 Å². The van der Waals surface area contributed by atoms with E-state index < -0.39 is 16.9 Å². The Labute approximate surface area is 187 Å². The topological polar surface area (TPSA) is 105 Å². The third-order valence-corrected chi connectivity index (χ3v) is 6.97. The molecule has 2 aromatic rings. The van der Waals surface area contributed by atoms with Crippen LogP contribution in [0.25, 0.3) is 0 Å². The first-order valence-electron chi connectivity index (χ1n) is 10.4. The van der Waals surface area contributed by atoms with Crippen molar-refractivity contribution < 1.29 is 22.9 Å². The van der Waals surface area contributed by atoms with Crippen LogP contribution in [0.2, 0.25) is 0 Å². The van der Waals surface area contributed by atoms with E-state index in [1.54, 1.807) is 42.6 Å². The molecule has 9 nitrogen and oxygen atoms in total. The van der Waals surface area contributed by atoms with E-state index in [2.05, 4.69) is 15.4 Å². The van der Waals surface area contributed by atoms with Gasteiger partial charge in [-0.3, -0.25) is 4.79 Å². The fraction of sp³-hybridized carbons (Fsp3) is 0.429. The van der Waals surface area contributed by atoms with Crippen LogP contribution in [0.15, 0.2) is 29.3 Å². The molecule has 3 N–H and O–H groups in total. The molecule has 2 aliphatic heterocycles. The van der Waals surface area contributed by atoms with Crippen LogP contribution in [0, 0.1) is 18.7 Å². The van der Waals surface area contributed by atoms with Gasteiger partial charge in [0.1, 0.15) is 22.5 Å². The molecule has 1 saturated heterocycles. The zero-order chi connectivity index (χ0) is 23.0. The zero-order valence-corrected chi connectivity index (χ0v) is 18.9. The number of anilines is 2. The number of nitrogens with zero attached hydrogens (tertiary/aromatic N) is 2. The summed E-state index contributed by atoms with van der Waals surface area (Å²) in [6.07, 6.45) is 1.26. The molecule has 3 heterocycles. The van der Waals surface area contributed by atoms with E-state index in [1.165, 1.54) is 12.1 Å². The molecule has 2 amide bonds. The molecule has 4 rings (SSSR count). The van der Waals surface area contributed by atoms with E-state index in [9.17, 15) is 18.2 Å². The number of carbonyl (C=O) groups excluding carboxylic acids is 2. The lowest BCUT2D eigenvalue weighted by Crippen LogP contribution is -2.41. The number of halogens is 1. The normalized spacial score (nSPS) is 22.2. The van der Waals surface area contributed by atoms with Crippen LogP contribution in [0.4, 0.5) is 20.6 Å². The maximum atomic E-state index is 13.6. The summed E-state index contributed by atoms with van der Waals surface area (Å²) in [5.41, 5.74) is 1.68.